The molecule has 182 valence electrons. The smallest absolute Gasteiger partial charge is 0.437 e. The number of alkyl halides is 5. The molecule has 0 amide bonds. The summed E-state index contributed by atoms with van der Waals surface area (Å²) in [7, 11) is 0. The number of thioether (sulfide) groups is 1. The van der Waals surface area contributed by atoms with Gasteiger partial charge in [0.2, 0.25) is 5.88 Å². The zero-order chi connectivity index (χ0) is 25.2. The lowest BCUT2D eigenvalue weighted by Gasteiger charge is -2.20. The van der Waals surface area contributed by atoms with E-state index in [1.165, 1.54) is 30.1 Å². The third kappa shape index (κ3) is 5.26. The van der Waals surface area contributed by atoms with Crippen molar-refractivity contribution in [1.82, 2.24) is 19.5 Å². The summed E-state index contributed by atoms with van der Waals surface area (Å²) < 4.78 is 70.6. The molecular weight excluding hydrogens is 491 g/mol. The predicted molar refractivity (Wildman–Crippen MR) is 121 cm³/mol. The van der Waals surface area contributed by atoms with E-state index in [9.17, 15) is 26.7 Å². The number of halogens is 5. The van der Waals surface area contributed by atoms with Gasteiger partial charge in [0, 0.05) is 29.6 Å². The van der Waals surface area contributed by atoms with Gasteiger partial charge in [-0.05, 0) is 35.4 Å². The summed E-state index contributed by atoms with van der Waals surface area (Å²) in [5.74, 6) is -3.48. The molecule has 0 N–H and O–H groups in total. The number of aromatic nitrogens is 4. The monoisotopic (exact) mass is 508 g/mol. The highest BCUT2D eigenvalue weighted by Crippen LogP contribution is 2.37. The molecule has 0 bridgehead atoms. The largest absolute Gasteiger partial charge is 0.455 e. The van der Waals surface area contributed by atoms with Gasteiger partial charge >= 0.3 is 12.1 Å². The number of rotatable bonds is 7. The van der Waals surface area contributed by atoms with Crippen molar-refractivity contribution in [3.05, 3.63) is 71.5 Å². The highest BCUT2D eigenvalue weighted by Gasteiger charge is 2.57. The fourth-order valence-electron chi connectivity index (χ4n) is 3.21. The van der Waals surface area contributed by atoms with Crippen molar-refractivity contribution in [2.24, 2.45) is 0 Å². The molecule has 4 aromatic rings. The molecule has 0 aliphatic carbocycles. The van der Waals surface area contributed by atoms with Crippen LogP contribution in [0.15, 0.2) is 70.9 Å². The molecule has 0 saturated carbocycles. The van der Waals surface area contributed by atoms with Crippen molar-refractivity contribution in [3.8, 4) is 23.0 Å². The van der Waals surface area contributed by atoms with Crippen LogP contribution in [0.4, 0.5) is 22.0 Å². The number of fused-ring (bicyclic) bond motifs is 1. The molecule has 0 aliphatic heterocycles. The minimum atomic E-state index is -5.77. The van der Waals surface area contributed by atoms with Crippen molar-refractivity contribution in [1.29, 1.82) is 0 Å². The zero-order valence-electron chi connectivity index (χ0n) is 18.1. The molecular formula is C23H17F5N4O2S. The molecule has 0 radical (unpaired) electrons. The number of hydrogen-bond donors (Lipinski definition) is 0. The maximum atomic E-state index is 13.4. The van der Waals surface area contributed by atoms with Crippen molar-refractivity contribution in [2.45, 2.75) is 30.5 Å². The Morgan fingerprint density at radius 1 is 1.03 bits per heavy atom. The fourth-order valence-corrected chi connectivity index (χ4v) is 4.01. The van der Waals surface area contributed by atoms with E-state index < -0.39 is 24.2 Å². The van der Waals surface area contributed by atoms with E-state index in [-0.39, 0.29) is 5.39 Å². The van der Waals surface area contributed by atoms with Crippen LogP contribution in [-0.2, 0) is 6.54 Å². The van der Waals surface area contributed by atoms with E-state index in [2.05, 4.69) is 15.0 Å². The summed E-state index contributed by atoms with van der Waals surface area (Å²) in [4.78, 5) is 26.1. The Kier molecular flexibility index (Phi) is 6.75. The normalized spacial score (nSPS) is 12.2. The van der Waals surface area contributed by atoms with Crippen LogP contribution in [-0.4, -0.2) is 37.4 Å². The number of pyridine rings is 4. The Morgan fingerprint density at radius 3 is 2.51 bits per heavy atom. The molecule has 0 aromatic carbocycles. The fraction of sp³-hybridized carbons (Fsp3) is 0.217. The van der Waals surface area contributed by atoms with E-state index in [0.717, 1.165) is 17.3 Å². The van der Waals surface area contributed by atoms with Gasteiger partial charge in [-0.3, -0.25) is 9.78 Å². The Bertz CT molecular complexity index is 1410. The number of nitrogens with zero attached hydrogens (tertiary/aromatic N) is 4. The van der Waals surface area contributed by atoms with Gasteiger partial charge in [-0.2, -0.15) is 22.0 Å². The third-order valence-corrected chi connectivity index (χ3v) is 5.79. The van der Waals surface area contributed by atoms with Crippen LogP contribution in [0.3, 0.4) is 0 Å². The van der Waals surface area contributed by atoms with Crippen molar-refractivity contribution >= 4 is 22.5 Å². The molecule has 4 aromatic heterocycles. The van der Waals surface area contributed by atoms with Crippen molar-refractivity contribution in [2.75, 3.05) is 5.75 Å². The first-order chi connectivity index (χ1) is 16.6. The highest BCUT2D eigenvalue weighted by molar-refractivity contribution is 7.99. The third-order valence-electron chi connectivity index (χ3n) is 4.88. The minimum absolute atomic E-state index is 0.0889. The summed E-state index contributed by atoms with van der Waals surface area (Å²) in [6, 6.07) is 9.83. The van der Waals surface area contributed by atoms with Crippen molar-refractivity contribution in [3.63, 3.8) is 0 Å². The minimum Gasteiger partial charge on any atom is -0.437 e. The lowest BCUT2D eigenvalue weighted by molar-refractivity contribution is -0.287. The topological polar surface area (TPSA) is 69.9 Å². The standard InChI is InChI=1S/C23H17F5N4O2S/c1-2-35-18-10-15(34-19-5-3-4-7-29-19)11-31-20(18)17-9-14-6-8-32(21(33)16(14)12-30-17)13-22(24,25)23(26,27)28/h3-12H,2,13H2,1H3. The van der Waals surface area contributed by atoms with Crippen molar-refractivity contribution < 1.29 is 26.7 Å². The second kappa shape index (κ2) is 9.61. The molecule has 0 saturated heterocycles. The summed E-state index contributed by atoms with van der Waals surface area (Å²) >= 11 is 1.48. The lowest BCUT2D eigenvalue weighted by atomic mass is 10.1. The van der Waals surface area contributed by atoms with E-state index in [1.54, 1.807) is 30.5 Å². The molecule has 0 unspecified atom stereocenters. The van der Waals surface area contributed by atoms with Gasteiger partial charge < -0.3 is 9.30 Å². The number of hydrogen-bond acceptors (Lipinski definition) is 6. The second-order valence-electron chi connectivity index (χ2n) is 7.33. The molecule has 0 spiro atoms. The maximum Gasteiger partial charge on any atom is 0.455 e. The number of ether oxygens (including phenoxy) is 1. The Hall–Kier alpha value is -3.54. The van der Waals surface area contributed by atoms with Gasteiger partial charge in [0.1, 0.15) is 11.4 Å². The van der Waals surface area contributed by atoms with Gasteiger partial charge in [-0.1, -0.05) is 13.0 Å². The zero-order valence-corrected chi connectivity index (χ0v) is 18.9. The molecule has 12 heteroatoms. The van der Waals surface area contributed by atoms with Gasteiger partial charge in [0.25, 0.3) is 5.56 Å². The second-order valence-corrected chi connectivity index (χ2v) is 8.63. The Morgan fingerprint density at radius 2 is 1.83 bits per heavy atom. The van der Waals surface area contributed by atoms with Gasteiger partial charge in [-0.15, -0.1) is 11.8 Å². The highest BCUT2D eigenvalue weighted by atomic mass is 32.2. The Labute approximate surface area is 199 Å². The van der Waals surface area contributed by atoms with E-state index >= 15 is 0 Å². The molecule has 0 aliphatic rings. The molecule has 35 heavy (non-hydrogen) atoms. The van der Waals surface area contributed by atoms with Crippen LogP contribution in [0.2, 0.25) is 0 Å². The predicted octanol–water partition coefficient (Wildman–Crippen LogP) is 5.96. The summed E-state index contributed by atoms with van der Waals surface area (Å²) in [6.07, 6.45) is -0.625. The summed E-state index contributed by atoms with van der Waals surface area (Å²) in [6.45, 7) is 0.136. The van der Waals surface area contributed by atoms with Crippen LogP contribution < -0.4 is 10.3 Å². The molecule has 0 fully saturated rings. The van der Waals surface area contributed by atoms with Crippen LogP contribution in [0, 0.1) is 0 Å². The molecule has 4 rings (SSSR count). The van der Waals surface area contributed by atoms with Crippen LogP contribution in [0.25, 0.3) is 22.2 Å². The van der Waals surface area contributed by atoms with Gasteiger partial charge in [0.15, 0.2) is 0 Å². The first-order valence-electron chi connectivity index (χ1n) is 10.2. The quantitative estimate of drug-likeness (QED) is 0.227. The van der Waals surface area contributed by atoms with Gasteiger partial charge in [-0.25, -0.2) is 9.97 Å². The first-order valence-corrected chi connectivity index (χ1v) is 11.2. The van der Waals surface area contributed by atoms with Crippen LogP contribution >= 0.6 is 11.8 Å². The van der Waals surface area contributed by atoms with E-state index in [1.807, 2.05) is 6.92 Å². The maximum absolute atomic E-state index is 13.4. The van der Waals surface area contributed by atoms with Crippen LogP contribution in [0.5, 0.6) is 11.6 Å². The average molecular weight is 508 g/mol. The molecule has 6 nitrogen and oxygen atoms in total. The van der Waals surface area contributed by atoms with Crippen LogP contribution in [0.1, 0.15) is 6.92 Å². The average Bonchev–Trinajstić information content (AvgIpc) is 2.81. The van der Waals surface area contributed by atoms with Gasteiger partial charge in [0.05, 0.1) is 23.8 Å². The molecule has 4 heterocycles. The Balaban J connectivity index is 1.69. The summed E-state index contributed by atoms with van der Waals surface area (Å²) in [5, 5.41) is 0.240. The van der Waals surface area contributed by atoms with E-state index in [4.69, 9.17) is 4.74 Å². The lowest BCUT2D eigenvalue weighted by Crippen LogP contribution is -2.42. The molecule has 0 atom stereocenters. The summed E-state index contributed by atoms with van der Waals surface area (Å²) in [5.41, 5.74) is -0.101. The van der Waals surface area contributed by atoms with E-state index in [0.29, 0.717) is 38.7 Å². The SMILES string of the molecule is CCSc1cc(Oc2ccccn2)cnc1-c1cc2ccn(CC(F)(F)C(F)(F)F)c(=O)c2cn1. The first kappa shape index (κ1) is 24.6.